The Bertz CT molecular complexity index is 451. The maximum Gasteiger partial charge on any atom is 0.126 e. The second-order valence-electron chi connectivity index (χ2n) is 4.83. The van der Waals surface area contributed by atoms with E-state index in [9.17, 15) is 5.11 Å². The van der Waals surface area contributed by atoms with E-state index in [4.69, 9.17) is 4.74 Å². The fourth-order valence-electron chi connectivity index (χ4n) is 2.74. The minimum Gasteiger partial charge on any atom is -0.486 e. The summed E-state index contributed by atoms with van der Waals surface area (Å²) in [7, 11) is 0. The number of rotatable bonds is 0. The molecule has 0 radical (unpaired) electrons. The summed E-state index contributed by atoms with van der Waals surface area (Å²) in [6, 6.07) is 5.89. The van der Waals surface area contributed by atoms with Gasteiger partial charge in [-0.2, -0.15) is 11.8 Å². The molecule has 1 saturated heterocycles. The highest BCUT2D eigenvalue weighted by atomic mass is 79.9. The van der Waals surface area contributed by atoms with Crippen molar-refractivity contribution in [3.05, 3.63) is 28.2 Å². The van der Waals surface area contributed by atoms with Gasteiger partial charge in [-0.1, -0.05) is 15.9 Å². The van der Waals surface area contributed by atoms with Crippen LogP contribution >= 0.6 is 27.7 Å². The maximum atomic E-state index is 10.3. The summed E-state index contributed by atoms with van der Waals surface area (Å²) in [6.07, 6.45) is 1.34. The number of ether oxygens (including phenoxy) is 1. The average Bonchev–Trinajstić information content (AvgIpc) is 2.62. The smallest absolute Gasteiger partial charge is 0.126 e. The summed E-state index contributed by atoms with van der Waals surface area (Å²) in [5.74, 6) is 1.97. The van der Waals surface area contributed by atoms with Crippen LogP contribution < -0.4 is 4.74 Å². The number of benzene rings is 1. The van der Waals surface area contributed by atoms with Gasteiger partial charge in [0.2, 0.25) is 0 Å². The van der Waals surface area contributed by atoms with E-state index in [1.54, 1.807) is 0 Å². The van der Waals surface area contributed by atoms with Gasteiger partial charge in [-0.25, -0.2) is 0 Å². The Morgan fingerprint density at radius 1 is 1.53 bits per heavy atom. The molecule has 0 amide bonds. The molecule has 2 heterocycles. The van der Waals surface area contributed by atoms with Crippen LogP contribution in [0.1, 0.15) is 31.4 Å². The Kier molecular flexibility index (Phi) is 2.92. The van der Waals surface area contributed by atoms with Crippen LogP contribution in [0, 0.1) is 0 Å². The van der Waals surface area contributed by atoms with E-state index in [1.165, 1.54) is 0 Å². The van der Waals surface area contributed by atoms with Crippen molar-refractivity contribution >= 4 is 27.7 Å². The fraction of sp³-hybridized carbons (Fsp3) is 0.538. The number of hydrogen-bond acceptors (Lipinski definition) is 3. The number of fused-ring (bicyclic) bond motifs is 1. The maximum absolute atomic E-state index is 10.3. The van der Waals surface area contributed by atoms with Crippen molar-refractivity contribution in [2.75, 3.05) is 5.75 Å². The molecule has 3 unspecified atom stereocenters. The summed E-state index contributed by atoms with van der Waals surface area (Å²) < 4.78 is 7.21. The highest BCUT2D eigenvalue weighted by Crippen LogP contribution is 2.49. The van der Waals surface area contributed by atoms with Gasteiger partial charge < -0.3 is 9.84 Å². The van der Waals surface area contributed by atoms with Crippen molar-refractivity contribution in [1.82, 2.24) is 0 Å². The minimum absolute atomic E-state index is 0.162. The molecule has 0 saturated carbocycles. The molecule has 1 N–H and O–H groups in total. The largest absolute Gasteiger partial charge is 0.486 e. The van der Waals surface area contributed by atoms with E-state index >= 15 is 0 Å². The molecule has 1 fully saturated rings. The van der Waals surface area contributed by atoms with Gasteiger partial charge in [0.05, 0.1) is 6.10 Å². The summed E-state index contributed by atoms with van der Waals surface area (Å²) in [4.78, 5) is 0. The zero-order chi connectivity index (χ0) is 12.0. The third-order valence-corrected chi connectivity index (χ3v) is 5.68. The van der Waals surface area contributed by atoms with E-state index in [-0.39, 0.29) is 5.60 Å². The van der Waals surface area contributed by atoms with Crippen LogP contribution in [-0.2, 0) is 0 Å². The predicted molar refractivity (Wildman–Crippen MR) is 73.6 cm³/mol. The van der Waals surface area contributed by atoms with E-state index in [0.717, 1.165) is 28.0 Å². The van der Waals surface area contributed by atoms with Gasteiger partial charge in [0.25, 0.3) is 0 Å². The van der Waals surface area contributed by atoms with E-state index in [2.05, 4.69) is 22.9 Å². The monoisotopic (exact) mass is 314 g/mol. The zero-order valence-corrected chi connectivity index (χ0v) is 12.1. The molecule has 2 nitrogen and oxygen atoms in total. The lowest BCUT2D eigenvalue weighted by Gasteiger charge is -2.40. The molecule has 92 valence electrons. The van der Waals surface area contributed by atoms with Crippen molar-refractivity contribution in [3.8, 4) is 5.75 Å². The fourth-order valence-corrected chi connectivity index (χ4v) is 4.50. The Labute approximate surface area is 114 Å². The van der Waals surface area contributed by atoms with Gasteiger partial charge in [0.1, 0.15) is 11.4 Å². The molecular formula is C13H15BrO2S. The van der Waals surface area contributed by atoms with Crippen molar-refractivity contribution in [1.29, 1.82) is 0 Å². The molecule has 4 heteroatoms. The lowest BCUT2D eigenvalue weighted by atomic mass is 9.85. The second-order valence-corrected chi connectivity index (χ2v) is 7.20. The summed E-state index contributed by atoms with van der Waals surface area (Å²) >= 11 is 5.37. The normalized spacial score (nSPS) is 35.7. The number of aliphatic hydroxyl groups is 1. The lowest BCUT2D eigenvalue weighted by molar-refractivity contribution is -0.0103. The second kappa shape index (κ2) is 4.18. The van der Waals surface area contributed by atoms with Crippen LogP contribution in [0.3, 0.4) is 0 Å². The number of hydrogen-bond donors (Lipinski definition) is 1. The van der Waals surface area contributed by atoms with Crippen molar-refractivity contribution in [3.63, 3.8) is 0 Å². The summed E-state index contributed by atoms with van der Waals surface area (Å²) in [5, 5.41) is 10.8. The topological polar surface area (TPSA) is 29.5 Å². The third-order valence-electron chi connectivity index (χ3n) is 3.82. The first-order valence-electron chi connectivity index (χ1n) is 5.89. The first kappa shape index (κ1) is 11.9. The minimum atomic E-state index is -0.405. The van der Waals surface area contributed by atoms with E-state index in [1.807, 2.05) is 30.0 Å². The molecule has 3 rings (SSSR count). The Morgan fingerprint density at radius 2 is 2.35 bits per heavy atom. The van der Waals surface area contributed by atoms with Gasteiger partial charge in [0, 0.05) is 21.7 Å². The van der Waals surface area contributed by atoms with Crippen LogP contribution in [0.2, 0.25) is 0 Å². The first-order valence-corrected chi connectivity index (χ1v) is 7.73. The van der Waals surface area contributed by atoms with Gasteiger partial charge in [0.15, 0.2) is 0 Å². The van der Waals surface area contributed by atoms with E-state index < -0.39 is 6.10 Å². The number of aliphatic hydroxyl groups excluding tert-OH is 1. The predicted octanol–water partition coefficient (Wildman–Crippen LogP) is 3.53. The number of thioether (sulfide) groups is 1. The Morgan fingerprint density at radius 3 is 3.06 bits per heavy atom. The van der Waals surface area contributed by atoms with Crippen LogP contribution in [0.25, 0.3) is 0 Å². The standard InChI is InChI=1S/C13H15BrO2S/c1-8-13(4-5-17-8)7-11(15)10-6-9(14)2-3-12(10)16-13/h2-3,6,8,11,15H,4-5,7H2,1H3. The SMILES string of the molecule is CC1SCCC12CC(O)c1cc(Br)ccc1O2. The molecule has 0 bridgehead atoms. The molecule has 0 aromatic heterocycles. The van der Waals surface area contributed by atoms with Crippen LogP contribution in [0.4, 0.5) is 0 Å². The summed E-state index contributed by atoms with van der Waals surface area (Å²) in [5.41, 5.74) is 0.749. The first-order chi connectivity index (χ1) is 8.11. The molecular weight excluding hydrogens is 300 g/mol. The molecule has 1 aromatic carbocycles. The molecule has 0 aliphatic carbocycles. The Balaban J connectivity index is 2.01. The molecule has 3 atom stereocenters. The van der Waals surface area contributed by atoms with Crippen LogP contribution in [0.15, 0.2) is 22.7 Å². The van der Waals surface area contributed by atoms with Crippen molar-refractivity contribution < 1.29 is 9.84 Å². The van der Waals surface area contributed by atoms with E-state index in [0.29, 0.717) is 11.7 Å². The van der Waals surface area contributed by atoms with Gasteiger partial charge in [-0.3, -0.25) is 0 Å². The third kappa shape index (κ3) is 1.90. The molecule has 17 heavy (non-hydrogen) atoms. The number of halogens is 1. The van der Waals surface area contributed by atoms with Gasteiger partial charge in [-0.15, -0.1) is 0 Å². The highest BCUT2D eigenvalue weighted by Gasteiger charge is 2.48. The van der Waals surface area contributed by atoms with Crippen LogP contribution in [-0.4, -0.2) is 21.7 Å². The Hall–Kier alpha value is -0.190. The molecule has 2 aliphatic rings. The molecule has 1 aromatic rings. The van der Waals surface area contributed by atoms with Gasteiger partial charge in [-0.05, 0) is 37.3 Å². The van der Waals surface area contributed by atoms with Crippen LogP contribution in [0.5, 0.6) is 5.75 Å². The highest BCUT2D eigenvalue weighted by molar-refractivity contribution is 9.10. The molecule has 1 spiro atoms. The van der Waals surface area contributed by atoms with Gasteiger partial charge >= 0.3 is 0 Å². The molecule has 2 aliphatic heterocycles. The van der Waals surface area contributed by atoms with Crippen molar-refractivity contribution in [2.45, 2.75) is 36.7 Å². The summed E-state index contributed by atoms with van der Waals surface area (Å²) in [6.45, 7) is 2.20. The zero-order valence-electron chi connectivity index (χ0n) is 9.65. The quantitative estimate of drug-likeness (QED) is 0.794. The van der Waals surface area contributed by atoms with Crippen molar-refractivity contribution in [2.24, 2.45) is 0 Å². The lowest BCUT2D eigenvalue weighted by Crippen LogP contribution is -2.45. The average molecular weight is 315 g/mol.